The summed E-state index contributed by atoms with van der Waals surface area (Å²) in [6.45, 7) is 7.05. The predicted octanol–water partition coefficient (Wildman–Crippen LogP) is 6.87. The molecule has 1 N–H and O–H groups in total. The summed E-state index contributed by atoms with van der Waals surface area (Å²) >= 11 is 5.99. The van der Waals surface area contributed by atoms with E-state index in [-0.39, 0.29) is 17.8 Å². The molecule has 0 bridgehead atoms. The molecule has 5 heterocycles. The molecule has 5 aromatic rings. The maximum absolute atomic E-state index is 15.7. The van der Waals surface area contributed by atoms with Gasteiger partial charge < -0.3 is 18.8 Å². The second-order valence-corrected chi connectivity index (χ2v) is 12.9. The standard InChI is InChI=1S/C34H33ClF2N6O3/c1-19-38-33(41-40-19)21-14-27(37)31-28(15-21)39-30(43(31)17-23-10-13-44-23)18-42-11-8-20(9-12-42)24-4-3-5-29-32(24)46-34(2,45-29)25-7-6-22(35)16-26(25)36/h3-7,14-16,20,23H,8-13,17-18H2,1-2H3,(H,38,40,41)/t23-,34-/m0/s1. The molecule has 0 amide bonds. The molecule has 3 aliphatic rings. The molecule has 8 rings (SSSR count). The van der Waals surface area contributed by atoms with Crippen LogP contribution in [0.3, 0.4) is 0 Å². The number of halogens is 3. The van der Waals surface area contributed by atoms with E-state index in [0.29, 0.717) is 63.4 Å². The Morgan fingerprint density at radius 3 is 2.57 bits per heavy atom. The normalized spacial score (nSPS) is 21.6. The number of aromatic nitrogens is 5. The van der Waals surface area contributed by atoms with Crippen LogP contribution in [0.1, 0.15) is 54.9 Å². The van der Waals surface area contributed by atoms with E-state index in [1.54, 1.807) is 19.1 Å². The van der Waals surface area contributed by atoms with Crippen molar-refractivity contribution in [1.29, 1.82) is 0 Å². The highest BCUT2D eigenvalue weighted by molar-refractivity contribution is 6.30. The summed E-state index contributed by atoms with van der Waals surface area (Å²) in [6, 6.07) is 13.7. The molecule has 3 aliphatic heterocycles. The van der Waals surface area contributed by atoms with Gasteiger partial charge in [0.15, 0.2) is 17.3 Å². The number of aromatic amines is 1. The summed E-state index contributed by atoms with van der Waals surface area (Å²) in [6.07, 6.45) is 2.77. The molecule has 46 heavy (non-hydrogen) atoms. The van der Waals surface area contributed by atoms with E-state index >= 15 is 4.39 Å². The van der Waals surface area contributed by atoms with Gasteiger partial charge in [0.1, 0.15) is 28.8 Å². The first-order chi connectivity index (χ1) is 22.2. The van der Waals surface area contributed by atoms with Gasteiger partial charge in [-0.1, -0.05) is 23.7 Å². The zero-order valence-electron chi connectivity index (χ0n) is 25.5. The van der Waals surface area contributed by atoms with Crippen LogP contribution in [0.4, 0.5) is 8.78 Å². The zero-order valence-corrected chi connectivity index (χ0v) is 26.3. The molecule has 2 fully saturated rings. The van der Waals surface area contributed by atoms with Crippen LogP contribution in [0, 0.1) is 18.6 Å². The van der Waals surface area contributed by atoms with Crippen molar-refractivity contribution >= 4 is 22.6 Å². The Balaban J connectivity index is 1.02. The molecule has 238 valence electrons. The molecular weight excluding hydrogens is 614 g/mol. The first-order valence-electron chi connectivity index (χ1n) is 15.6. The minimum Gasteiger partial charge on any atom is -0.444 e. The second-order valence-electron chi connectivity index (χ2n) is 12.5. The van der Waals surface area contributed by atoms with E-state index in [1.807, 2.05) is 29.7 Å². The molecule has 0 unspecified atom stereocenters. The van der Waals surface area contributed by atoms with Crippen LogP contribution in [0.2, 0.25) is 5.02 Å². The topological polar surface area (TPSA) is 90.3 Å². The Morgan fingerprint density at radius 2 is 1.85 bits per heavy atom. The first kappa shape index (κ1) is 29.3. The fourth-order valence-corrected chi connectivity index (χ4v) is 7.01. The summed E-state index contributed by atoms with van der Waals surface area (Å²) in [7, 11) is 0. The number of hydrogen-bond donors (Lipinski definition) is 1. The van der Waals surface area contributed by atoms with Gasteiger partial charge in [-0.15, -0.1) is 0 Å². The van der Waals surface area contributed by atoms with Crippen LogP contribution in [-0.4, -0.2) is 55.4 Å². The van der Waals surface area contributed by atoms with E-state index in [4.69, 9.17) is 30.8 Å². The third-order valence-corrected chi connectivity index (χ3v) is 9.57. The van der Waals surface area contributed by atoms with E-state index in [0.717, 1.165) is 50.3 Å². The number of aryl methyl sites for hydroxylation is 1. The molecular formula is C34H33ClF2N6O3. The van der Waals surface area contributed by atoms with Gasteiger partial charge in [-0.2, -0.15) is 5.10 Å². The van der Waals surface area contributed by atoms with Crippen molar-refractivity contribution < 1.29 is 23.0 Å². The fraction of sp³-hybridized carbons (Fsp3) is 0.382. The van der Waals surface area contributed by atoms with Crippen molar-refractivity contribution in [2.75, 3.05) is 19.7 Å². The molecule has 2 aromatic heterocycles. The number of rotatable bonds is 7. The van der Waals surface area contributed by atoms with Crippen LogP contribution in [0.25, 0.3) is 22.4 Å². The highest BCUT2D eigenvalue weighted by Crippen LogP contribution is 2.50. The minimum atomic E-state index is -1.29. The lowest BCUT2D eigenvalue weighted by atomic mass is 9.88. The van der Waals surface area contributed by atoms with Gasteiger partial charge in [0.2, 0.25) is 0 Å². The number of nitrogens with one attached hydrogen (secondary N) is 1. The Morgan fingerprint density at radius 1 is 1.02 bits per heavy atom. The van der Waals surface area contributed by atoms with Gasteiger partial charge in [-0.05, 0) is 81.6 Å². The van der Waals surface area contributed by atoms with E-state index < -0.39 is 11.6 Å². The smallest absolute Gasteiger partial charge is 0.278 e. The van der Waals surface area contributed by atoms with Crippen LogP contribution in [0.5, 0.6) is 11.5 Å². The van der Waals surface area contributed by atoms with Crippen LogP contribution in [0.15, 0.2) is 48.5 Å². The largest absolute Gasteiger partial charge is 0.444 e. The van der Waals surface area contributed by atoms with Crippen molar-refractivity contribution in [3.63, 3.8) is 0 Å². The van der Waals surface area contributed by atoms with Gasteiger partial charge in [-0.25, -0.2) is 18.7 Å². The molecule has 12 heteroatoms. The number of likely N-dealkylation sites (tertiary alicyclic amines) is 1. The molecule has 9 nitrogen and oxygen atoms in total. The number of benzene rings is 3. The van der Waals surface area contributed by atoms with E-state index in [1.165, 1.54) is 12.1 Å². The third-order valence-electron chi connectivity index (χ3n) is 9.33. The molecule has 0 saturated carbocycles. The lowest BCUT2D eigenvalue weighted by Gasteiger charge is -2.33. The Hall–Kier alpha value is -4.06. The highest BCUT2D eigenvalue weighted by Gasteiger charge is 2.43. The number of para-hydroxylation sites is 1. The summed E-state index contributed by atoms with van der Waals surface area (Å²) < 4.78 is 50.8. The number of nitrogens with zero attached hydrogens (tertiary/aromatic N) is 5. The molecule has 0 aliphatic carbocycles. The van der Waals surface area contributed by atoms with Crippen LogP contribution >= 0.6 is 11.6 Å². The quantitative estimate of drug-likeness (QED) is 0.206. The van der Waals surface area contributed by atoms with Gasteiger partial charge in [-0.3, -0.25) is 10.00 Å². The van der Waals surface area contributed by atoms with E-state index in [2.05, 4.69) is 26.1 Å². The maximum atomic E-state index is 15.7. The van der Waals surface area contributed by atoms with Crippen molar-refractivity contribution in [2.45, 2.75) is 64.0 Å². The number of hydrogen-bond acceptors (Lipinski definition) is 7. The number of ether oxygens (including phenoxy) is 3. The molecule has 0 radical (unpaired) electrons. The average Bonchev–Trinajstić information content (AvgIpc) is 3.69. The lowest BCUT2D eigenvalue weighted by Crippen LogP contribution is -2.35. The number of H-pyrrole nitrogens is 1. The van der Waals surface area contributed by atoms with Crippen LogP contribution in [-0.2, 0) is 23.6 Å². The zero-order chi connectivity index (χ0) is 31.6. The van der Waals surface area contributed by atoms with E-state index in [9.17, 15) is 4.39 Å². The van der Waals surface area contributed by atoms with Crippen molar-refractivity contribution in [3.8, 4) is 22.9 Å². The molecule has 0 spiro atoms. The Labute approximate surface area is 269 Å². The summed E-state index contributed by atoms with van der Waals surface area (Å²) in [5.41, 5.74) is 3.00. The summed E-state index contributed by atoms with van der Waals surface area (Å²) in [4.78, 5) is 11.7. The first-order valence-corrected chi connectivity index (χ1v) is 16.0. The fourth-order valence-electron chi connectivity index (χ4n) is 6.85. The SMILES string of the molecule is Cc1nc(-c2cc(F)c3c(c2)nc(CN2CCC(c4cccc5c4O[C@@](C)(c4ccc(Cl)cc4F)O5)CC2)n3C[C@@H]2CCO2)n[nH]1. The van der Waals surface area contributed by atoms with Crippen molar-refractivity contribution in [2.24, 2.45) is 0 Å². The molecule has 2 saturated heterocycles. The second kappa shape index (κ2) is 11.3. The summed E-state index contributed by atoms with van der Waals surface area (Å²) in [5, 5.41) is 7.35. The Bertz CT molecular complexity index is 1950. The van der Waals surface area contributed by atoms with Gasteiger partial charge in [0.05, 0.1) is 30.3 Å². The molecule has 2 atom stereocenters. The highest BCUT2D eigenvalue weighted by atomic mass is 35.5. The van der Waals surface area contributed by atoms with Crippen LogP contribution < -0.4 is 9.47 Å². The summed E-state index contributed by atoms with van der Waals surface area (Å²) in [5.74, 6) is 1.30. The third kappa shape index (κ3) is 5.20. The maximum Gasteiger partial charge on any atom is 0.278 e. The monoisotopic (exact) mass is 646 g/mol. The van der Waals surface area contributed by atoms with Crippen molar-refractivity contribution in [1.82, 2.24) is 29.6 Å². The number of piperidine rings is 1. The van der Waals surface area contributed by atoms with Gasteiger partial charge in [0.25, 0.3) is 5.79 Å². The number of fused-ring (bicyclic) bond motifs is 2. The predicted molar refractivity (Wildman–Crippen MR) is 168 cm³/mol. The minimum absolute atomic E-state index is 0.0473. The van der Waals surface area contributed by atoms with Crippen molar-refractivity contribution in [3.05, 3.63) is 88.0 Å². The van der Waals surface area contributed by atoms with Gasteiger partial charge >= 0.3 is 0 Å². The van der Waals surface area contributed by atoms with Gasteiger partial charge in [0, 0.05) is 29.7 Å². The average molecular weight is 647 g/mol. The lowest BCUT2D eigenvalue weighted by molar-refractivity contribution is -0.0712. The molecule has 3 aromatic carbocycles. The Kier molecular flexibility index (Phi) is 7.23. The number of imidazole rings is 1.